The molecule has 4 atom stereocenters. The molecule has 1 aliphatic heterocycles. The summed E-state index contributed by atoms with van der Waals surface area (Å²) in [4.78, 5) is 17.8. The molecule has 0 spiro atoms. The summed E-state index contributed by atoms with van der Waals surface area (Å²) < 4.78 is 6.52. The zero-order chi connectivity index (χ0) is 13.6. The third-order valence-corrected chi connectivity index (χ3v) is 3.12. The number of fused-ring (bicyclic) bond motifs is 1. The first-order valence-electron chi connectivity index (χ1n) is 5.67. The summed E-state index contributed by atoms with van der Waals surface area (Å²) in [7, 11) is 0. The number of aromatic nitrogens is 4. The van der Waals surface area contributed by atoms with Crippen molar-refractivity contribution in [2.75, 3.05) is 6.61 Å². The predicted octanol–water partition coefficient (Wildman–Crippen LogP) is -2.27. The lowest BCUT2D eigenvalue weighted by Gasteiger charge is -2.14. The van der Waals surface area contributed by atoms with Crippen molar-refractivity contribution in [3.05, 3.63) is 22.9 Å². The number of H-pyrrole nitrogens is 1. The fourth-order valence-corrected chi connectivity index (χ4v) is 2.10. The number of nitrogens with zero attached hydrogens (tertiary/aromatic N) is 3. The van der Waals surface area contributed by atoms with Crippen molar-refractivity contribution in [2.24, 2.45) is 0 Å². The van der Waals surface area contributed by atoms with E-state index in [-0.39, 0.29) is 16.6 Å². The van der Waals surface area contributed by atoms with E-state index in [1.54, 1.807) is 0 Å². The molecule has 3 heterocycles. The van der Waals surface area contributed by atoms with E-state index in [2.05, 4.69) is 15.1 Å². The molecule has 1 fully saturated rings. The maximum atomic E-state index is 11.5. The van der Waals surface area contributed by atoms with Crippen LogP contribution >= 0.6 is 0 Å². The number of nitrogens with one attached hydrogen (secondary N) is 1. The molecule has 0 amide bonds. The minimum absolute atomic E-state index is 0.210. The molecule has 0 aromatic carbocycles. The summed E-state index contributed by atoms with van der Waals surface area (Å²) in [6, 6.07) is 0. The van der Waals surface area contributed by atoms with Crippen molar-refractivity contribution in [3.8, 4) is 0 Å². The normalized spacial score (nSPS) is 31.1. The van der Waals surface area contributed by atoms with Gasteiger partial charge in [-0.25, -0.2) is 9.67 Å². The van der Waals surface area contributed by atoms with Gasteiger partial charge in [0, 0.05) is 6.20 Å². The molecule has 2 aromatic heterocycles. The molecule has 4 N–H and O–H groups in total. The summed E-state index contributed by atoms with van der Waals surface area (Å²) in [5.74, 6) is 0. The maximum absolute atomic E-state index is 11.5. The van der Waals surface area contributed by atoms with Gasteiger partial charge in [-0.2, -0.15) is 0 Å². The van der Waals surface area contributed by atoms with E-state index in [1.807, 2.05) is 0 Å². The Morgan fingerprint density at radius 3 is 2.84 bits per heavy atom. The molecule has 9 heteroatoms. The van der Waals surface area contributed by atoms with Gasteiger partial charge in [0.15, 0.2) is 11.9 Å². The monoisotopic (exact) mass is 268 g/mol. The highest BCUT2D eigenvalue weighted by atomic mass is 16.6. The SMILES string of the molecule is O=c1[nH]cnc2nn([C@@H]3O[C@H](CO)[C@@H](O)[C@@H]3O)cc12. The Kier molecular flexibility index (Phi) is 2.82. The molecule has 0 radical (unpaired) electrons. The van der Waals surface area contributed by atoms with Crippen LogP contribution in [0.1, 0.15) is 6.23 Å². The Morgan fingerprint density at radius 1 is 1.42 bits per heavy atom. The Hall–Kier alpha value is -1.81. The van der Waals surface area contributed by atoms with Gasteiger partial charge in [0.1, 0.15) is 23.7 Å². The van der Waals surface area contributed by atoms with Crippen LogP contribution in [0.2, 0.25) is 0 Å². The number of hydrogen-bond donors (Lipinski definition) is 4. The second kappa shape index (κ2) is 4.38. The third-order valence-electron chi connectivity index (χ3n) is 3.12. The Bertz CT molecular complexity index is 653. The van der Waals surface area contributed by atoms with Gasteiger partial charge in [-0.3, -0.25) is 4.79 Å². The van der Waals surface area contributed by atoms with Crippen LogP contribution in [0.4, 0.5) is 0 Å². The number of aliphatic hydroxyl groups excluding tert-OH is 3. The van der Waals surface area contributed by atoms with Gasteiger partial charge in [0.25, 0.3) is 5.56 Å². The third kappa shape index (κ3) is 1.83. The van der Waals surface area contributed by atoms with Crippen LogP contribution < -0.4 is 5.56 Å². The Morgan fingerprint density at radius 2 is 2.21 bits per heavy atom. The average Bonchev–Trinajstić information content (AvgIpc) is 2.94. The smallest absolute Gasteiger partial charge is 0.261 e. The van der Waals surface area contributed by atoms with Crippen molar-refractivity contribution >= 4 is 11.0 Å². The average molecular weight is 268 g/mol. The van der Waals surface area contributed by atoms with E-state index >= 15 is 0 Å². The summed E-state index contributed by atoms with van der Waals surface area (Å²) >= 11 is 0. The lowest BCUT2D eigenvalue weighted by atomic mass is 10.1. The second-order valence-electron chi connectivity index (χ2n) is 4.31. The van der Waals surface area contributed by atoms with Crippen LogP contribution in [-0.2, 0) is 4.74 Å². The van der Waals surface area contributed by atoms with E-state index in [1.165, 1.54) is 17.2 Å². The standard InChI is InChI=1S/C10H12N4O5/c15-2-5-6(16)7(17)10(19-5)14-1-4-8(13-14)11-3-12-9(4)18/h1,3,5-7,10,15-17H,2H2,(H,11,12,13,18)/t5-,6-,7+,10-/m1/s1. The topological polar surface area (TPSA) is 133 Å². The fraction of sp³-hybridized carbons (Fsp3) is 0.500. The van der Waals surface area contributed by atoms with Crippen molar-refractivity contribution in [1.29, 1.82) is 0 Å². The van der Waals surface area contributed by atoms with Crippen LogP contribution in [0.5, 0.6) is 0 Å². The van der Waals surface area contributed by atoms with Gasteiger partial charge >= 0.3 is 0 Å². The zero-order valence-corrected chi connectivity index (χ0v) is 9.67. The first-order valence-corrected chi connectivity index (χ1v) is 5.67. The van der Waals surface area contributed by atoms with Crippen LogP contribution in [0.3, 0.4) is 0 Å². The fourth-order valence-electron chi connectivity index (χ4n) is 2.10. The highest BCUT2D eigenvalue weighted by Gasteiger charge is 2.43. The molecule has 1 aliphatic rings. The van der Waals surface area contributed by atoms with Crippen molar-refractivity contribution in [3.63, 3.8) is 0 Å². The highest BCUT2D eigenvalue weighted by molar-refractivity contribution is 5.72. The quantitative estimate of drug-likeness (QED) is 0.482. The first kappa shape index (κ1) is 12.2. The number of hydrogen-bond acceptors (Lipinski definition) is 7. The molecule has 19 heavy (non-hydrogen) atoms. The van der Waals surface area contributed by atoms with Crippen LogP contribution in [0, 0.1) is 0 Å². The molecule has 0 saturated carbocycles. The summed E-state index contributed by atoms with van der Waals surface area (Å²) in [5, 5.41) is 32.8. The highest BCUT2D eigenvalue weighted by Crippen LogP contribution is 2.29. The van der Waals surface area contributed by atoms with Gasteiger partial charge in [-0.05, 0) is 0 Å². The van der Waals surface area contributed by atoms with Crippen LogP contribution in [0.25, 0.3) is 11.0 Å². The number of ether oxygens (including phenoxy) is 1. The van der Waals surface area contributed by atoms with Gasteiger partial charge in [-0.15, -0.1) is 5.10 Å². The lowest BCUT2D eigenvalue weighted by Crippen LogP contribution is -2.33. The van der Waals surface area contributed by atoms with E-state index in [9.17, 15) is 15.0 Å². The predicted molar refractivity (Wildman–Crippen MR) is 61.2 cm³/mol. The van der Waals surface area contributed by atoms with Crippen LogP contribution in [0.15, 0.2) is 17.3 Å². The second-order valence-corrected chi connectivity index (χ2v) is 4.31. The van der Waals surface area contributed by atoms with E-state index in [4.69, 9.17) is 9.84 Å². The van der Waals surface area contributed by atoms with Crippen molar-refractivity contribution < 1.29 is 20.1 Å². The molecule has 1 saturated heterocycles. The minimum Gasteiger partial charge on any atom is -0.394 e. The van der Waals surface area contributed by atoms with Gasteiger partial charge in [0.2, 0.25) is 0 Å². The number of aromatic amines is 1. The molecule has 0 unspecified atom stereocenters. The first-order chi connectivity index (χ1) is 9.11. The zero-order valence-electron chi connectivity index (χ0n) is 9.67. The van der Waals surface area contributed by atoms with Crippen LogP contribution in [-0.4, -0.2) is 60.0 Å². The number of aliphatic hydroxyl groups is 3. The van der Waals surface area contributed by atoms with Gasteiger partial charge in [-0.1, -0.05) is 0 Å². The van der Waals surface area contributed by atoms with Crippen molar-refractivity contribution in [2.45, 2.75) is 24.5 Å². The van der Waals surface area contributed by atoms with E-state index in [0.29, 0.717) is 0 Å². The van der Waals surface area contributed by atoms with Crippen molar-refractivity contribution in [1.82, 2.24) is 19.7 Å². The molecule has 102 valence electrons. The van der Waals surface area contributed by atoms with Gasteiger partial charge in [0.05, 0.1) is 12.9 Å². The molecule has 3 rings (SSSR count). The Labute approximate surface area is 106 Å². The molecular formula is C10H12N4O5. The largest absolute Gasteiger partial charge is 0.394 e. The molecule has 0 bridgehead atoms. The lowest BCUT2D eigenvalue weighted by molar-refractivity contribution is -0.0583. The number of rotatable bonds is 2. The maximum Gasteiger partial charge on any atom is 0.261 e. The van der Waals surface area contributed by atoms with Gasteiger partial charge < -0.3 is 25.0 Å². The molecule has 0 aliphatic carbocycles. The van der Waals surface area contributed by atoms with E-state index in [0.717, 1.165) is 0 Å². The summed E-state index contributed by atoms with van der Waals surface area (Å²) in [6.07, 6.45) is -1.72. The minimum atomic E-state index is -1.24. The van der Waals surface area contributed by atoms with E-state index < -0.39 is 31.1 Å². The molecular weight excluding hydrogens is 256 g/mol. The Balaban J connectivity index is 2.01. The molecule has 2 aromatic rings. The summed E-state index contributed by atoms with van der Waals surface area (Å²) in [6.45, 7) is -0.422. The molecule has 9 nitrogen and oxygen atoms in total. The summed E-state index contributed by atoms with van der Waals surface area (Å²) in [5.41, 5.74) is -0.149.